The molecule has 0 unspecified atom stereocenters. The van der Waals surface area contributed by atoms with Gasteiger partial charge in [0, 0.05) is 24.7 Å². The molecule has 0 radical (unpaired) electrons. The molecule has 3 nitrogen and oxygen atoms in total. The monoisotopic (exact) mass is 229 g/mol. The fourth-order valence-electron chi connectivity index (χ4n) is 2.07. The van der Waals surface area contributed by atoms with Gasteiger partial charge in [0.05, 0.1) is 5.69 Å². The normalized spacial score (nSPS) is 10.8. The number of nitrogens with zero attached hydrogens (tertiary/aromatic N) is 2. The summed E-state index contributed by atoms with van der Waals surface area (Å²) in [6.45, 7) is 4.85. The summed E-state index contributed by atoms with van der Waals surface area (Å²) in [5.41, 5.74) is 10.4. The fourth-order valence-corrected chi connectivity index (χ4v) is 2.07. The smallest absolute Gasteiger partial charge is 0.140 e. The minimum Gasteiger partial charge on any atom is -0.331 e. The molecule has 2 rings (SSSR count). The fraction of sp³-hybridized carbons (Fsp3) is 0.357. The predicted molar refractivity (Wildman–Crippen MR) is 70.9 cm³/mol. The Hall–Kier alpha value is -1.61. The summed E-state index contributed by atoms with van der Waals surface area (Å²) in [5.74, 6) is 1.03. The van der Waals surface area contributed by atoms with Gasteiger partial charge in [-0.3, -0.25) is 0 Å². The van der Waals surface area contributed by atoms with Gasteiger partial charge in [-0.2, -0.15) is 0 Å². The predicted octanol–water partition coefficient (Wildman–Crippen LogP) is 2.21. The Morgan fingerprint density at radius 3 is 2.59 bits per heavy atom. The molecule has 0 saturated carbocycles. The van der Waals surface area contributed by atoms with E-state index in [1.54, 1.807) is 0 Å². The van der Waals surface area contributed by atoms with Crippen molar-refractivity contribution in [2.24, 2.45) is 12.8 Å². The van der Waals surface area contributed by atoms with Gasteiger partial charge in [0.1, 0.15) is 5.82 Å². The standard InChI is InChI=1S/C14H19N3/c1-10-6-4-5-7-12(10)14-16-13(8-9-15)11(2)17(14)3/h4-7H,8-9,15H2,1-3H3. The van der Waals surface area contributed by atoms with Crippen molar-refractivity contribution < 1.29 is 0 Å². The van der Waals surface area contributed by atoms with Crippen LogP contribution in [0.1, 0.15) is 17.0 Å². The van der Waals surface area contributed by atoms with Crippen LogP contribution in [0.2, 0.25) is 0 Å². The number of hydrogen-bond acceptors (Lipinski definition) is 2. The number of nitrogens with two attached hydrogens (primary N) is 1. The quantitative estimate of drug-likeness (QED) is 0.877. The van der Waals surface area contributed by atoms with E-state index in [2.05, 4.69) is 49.7 Å². The highest BCUT2D eigenvalue weighted by molar-refractivity contribution is 5.61. The maximum atomic E-state index is 5.61. The van der Waals surface area contributed by atoms with Crippen molar-refractivity contribution in [1.82, 2.24) is 9.55 Å². The van der Waals surface area contributed by atoms with Gasteiger partial charge in [-0.15, -0.1) is 0 Å². The summed E-state index contributed by atoms with van der Waals surface area (Å²) in [6, 6.07) is 8.33. The van der Waals surface area contributed by atoms with Gasteiger partial charge in [0.25, 0.3) is 0 Å². The van der Waals surface area contributed by atoms with Gasteiger partial charge in [-0.05, 0) is 26.0 Å². The molecule has 90 valence electrons. The SMILES string of the molecule is Cc1ccccc1-c1nc(CCN)c(C)n1C. The van der Waals surface area contributed by atoms with E-state index in [0.717, 1.165) is 17.9 Å². The zero-order valence-electron chi connectivity index (χ0n) is 10.7. The molecule has 0 saturated heterocycles. The molecule has 3 heteroatoms. The van der Waals surface area contributed by atoms with Crippen LogP contribution in [0.4, 0.5) is 0 Å². The van der Waals surface area contributed by atoms with E-state index in [0.29, 0.717) is 6.54 Å². The van der Waals surface area contributed by atoms with Crippen LogP contribution in [-0.4, -0.2) is 16.1 Å². The summed E-state index contributed by atoms with van der Waals surface area (Å²) in [4.78, 5) is 4.71. The van der Waals surface area contributed by atoms with E-state index in [-0.39, 0.29) is 0 Å². The molecule has 0 fully saturated rings. The zero-order valence-corrected chi connectivity index (χ0v) is 10.7. The van der Waals surface area contributed by atoms with Gasteiger partial charge < -0.3 is 10.3 Å². The van der Waals surface area contributed by atoms with Crippen LogP contribution in [0, 0.1) is 13.8 Å². The summed E-state index contributed by atoms with van der Waals surface area (Å²) in [7, 11) is 2.06. The second kappa shape index (κ2) is 4.72. The number of benzene rings is 1. The minimum absolute atomic E-state index is 0.644. The topological polar surface area (TPSA) is 43.8 Å². The second-order valence-electron chi connectivity index (χ2n) is 4.38. The first-order valence-corrected chi connectivity index (χ1v) is 5.93. The Morgan fingerprint density at radius 1 is 1.24 bits per heavy atom. The lowest BCUT2D eigenvalue weighted by Crippen LogP contribution is -2.04. The van der Waals surface area contributed by atoms with Crippen LogP contribution in [0.3, 0.4) is 0 Å². The summed E-state index contributed by atoms with van der Waals surface area (Å²) >= 11 is 0. The maximum absolute atomic E-state index is 5.61. The van der Waals surface area contributed by atoms with Gasteiger partial charge >= 0.3 is 0 Å². The Kier molecular flexibility index (Phi) is 3.29. The number of aryl methyl sites for hydroxylation is 1. The van der Waals surface area contributed by atoms with E-state index in [9.17, 15) is 0 Å². The molecule has 2 N–H and O–H groups in total. The second-order valence-corrected chi connectivity index (χ2v) is 4.38. The van der Waals surface area contributed by atoms with Gasteiger partial charge in [-0.25, -0.2) is 4.98 Å². The molecule has 0 spiro atoms. The van der Waals surface area contributed by atoms with Crippen LogP contribution in [-0.2, 0) is 13.5 Å². The molecule has 0 bridgehead atoms. The first kappa shape index (κ1) is 11.9. The van der Waals surface area contributed by atoms with E-state index < -0.39 is 0 Å². The summed E-state index contributed by atoms with van der Waals surface area (Å²) < 4.78 is 2.15. The molecule has 1 aromatic carbocycles. The van der Waals surface area contributed by atoms with Crippen LogP contribution in [0.25, 0.3) is 11.4 Å². The number of rotatable bonds is 3. The van der Waals surface area contributed by atoms with Crippen molar-refractivity contribution in [2.75, 3.05) is 6.54 Å². The van der Waals surface area contributed by atoms with Crippen molar-refractivity contribution in [3.05, 3.63) is 41.2 Å². The molecule has 1 aromatic heterocycles. The molecule has 0 aliphatic carbocycles. The van der Waals surface area contributed by atoms with Crippen LogP contribution in [0.15, 0.2) is 24.3 Å². The summed E-state index contributed by atoms with van der Waals surface area (Å²) in [5, 5.41) is 0. The van der Waals surface area contributed by atoms with E-state index in [1.807, 2.05) is 0 Å². The Morgan fingerprint density at radius 2 is 1.94 bits per heavy atom. The van der Waals surface area contributed by atoms with Gasteiger partial charge in [0.15, 0.2) is 0 Å². The lowest BCUT2D eigenvalue weighted by atomic mass is 10.1. The van der Waals surface area contributed by atoms with Crippen LogP contribution >= 0.6 is 0 Å². The Balaban J connectivity index is 2.53. The first-order valence-electron chi connectivity index (χ1n) is 5.93. The van der Waals surface area contributed by atoms with Gasteiger partial charge in [0.2, 0.25) is 0 Å². The number of aromatic nitrogens is 2. The highest BCUT2D eigenvalue weighted by Gasteiger charge is 2.13. The highest BCUT2D eigenvalue weighted by Crippen LogP contribution is 2.24. The average molecular weight is 229 g/mol. The molecule has 0 aliphatic rings. The molecule has 17 heavy (non-hydrogen) atoms. The first-order chi connectivity index (χ1) is 8.15. The third-order valence-corrected chi connectivity index (χ3v) is 3.25. The molecule has 0 aliphatic heterocycles. The Labute approximate surface area is 102 Å². The molecule has 1 heterocycles. The zero-order chi connectivity index (χ0) is 12.4. The lowest BCUT2D eigenvalue weighted by molar-refractivity contribution is 0.865. The molecule has 0 amide bonds. The van der Waals surface area contributed by atoms with Crippen LogP contribution < -0.4 is 5.73 Å². The molecule has 0 atom stereocenters. The van der Waals surface area contributed by atoms with E-state index in [1.165, 1.54) is 16.8 Å². The van der Waals surface area contributed by atoms with Crippen molar-refractivity contribution in [3.63, 3.8) is 0 Å². The summed E-state index contributed by atoms with van der Waals surface area (Å²) in [6.07, 6.45) is 0.839. The molecular formula is C14H19N3. The van der Waals surface area contributed by atoms with Crippen LogP contribution in [0.5, 0.6) is 0 Å². The van der Waals surface area contributed by atoms with Gasteiger partial charge in [-0.1, -0.05) is 24.3 Å². The lowest BCUT2D eigenvalue weighted by Gasteiger charge is -2.05. The molecular weight excluding hydrogens is 210 g/mol. The van der Waals surface area contributed by atoms with Crippen molar-refractivity contribution in [1.29, 1.82) is 0 Å². The number of imidazole rings is 1. The van der Waals surface area contributed by atoms with Crippen molar-refractivity contribution in [2.45, 2.75) is 20.3 Å². The van der Waals surface area contributed by atoms with Crippen molar-refractivity contribution >= 4 is 0 Å². The third kappa shape index (κ3) is 2.11. The van der Waals surface area contributed by atoms with Crippen molar-refractivity contribution in [3.8, 4) is 11.4 Å². The number of hydrogen-bond donors (Lipinski definition) is 1. The average Bonchev–Trinajstić information content (AvgIpc) is 2.59. The highest BCUT2D eigenvalue weighted by atomic mass is 15.1. The third-order valence-electron chi connectivity index (χ3n) is 3.25. The van der Waals surface area contributed by atoms with E-state index >= 15 is 0 Å². The van der Waals surface area contributed by atoms with E-state index in [4.69, 9.17) is 10.7 Å². The largest absolute Gasteiger partial charge is 0.331 e. The molecule has 2 aromatic rings. The maximum Gasteiger partial charge on any atom is 0.140 e. The minimum atomic E-state index is 0.644. The Bertz CT molecular complexity index is 526.